The van der Waals surface area contributed by atoms with Gasteiger partial charge in [0.05, 0.1) is 12.6 Å². The van der Waals surface area contributed by atoms with Crippen LogP contribution in [0.1, 0.15) is 13.3 Å². The summed E-state index contributed by atoms with van der Waals surface area (Å²) < 4.78 is 0. The molecule has 0 saturated carbocycles. The van der Waals surface area contributed by atoms with Crippen molar-refractivity contribution in [1.29, 1.82) is 5.26 Å². The zero-order valence-electron chi connectivity index (χ0n) is 7.16. The van der Waals surface area contributed by atoms with Crippen molar-refractivity contribution in [2.24, 2.45) is 11.7 Å². The number of nitrogens with two attached hydrogens (primary N) is 1. The molecule has 4 nitrogen and oxygen atoms in total. The lowest BCUT2D eigenvalue weighted by Gasteiger charge is -2.18. The second-order valence-electron chi connectivity index (χ2n) is 3.24. The Balaban J connectivity index is 2.65. The minimum atomic E-state index is -0.254. The highest BCUT2D eigenvalue weighted by Crippen LogP contribution is 2.21. The number of hydrogen-bond acceptors (Lipinski definition) is 3. The first-order valence-electron chi connectivity index (χ1n) is 4.08. The predicted molar refractivity (Wildman–Crippen MR) is 43.9 cm³/mol. The Bertz CT molecular complexity index is 221. The smallest absolute Gasteiger partial charge is 0.237 e. The van der Waals surface area contributed by atoms with Gasteiger partial charge >= 0.3 is 0 Å². The van der Waals surface area contributed by atoms with Gasteiger partial charge < -0.3 is 10.6 Å². The molecule has 0 spiro atoms. The zero-order chi connectivity index (χ0) is 9.14. The van der Waals surface area contributed by atoms with Crippen molar-refractivity contribution in [1.82, 2.24) is 4.90 Å². The highest BCUT2D eigenvalue weighted by Gasteiger charge is 2.31. The van der Waals surface area contributed by atoms with Crippen molar-refractivity contribution < 1.29 is 4.79 Å². The quantitative estimate of drug-likeness (QED) is 0.583. The van der Waals surface area contributed by atoms with Crippen LogP contribution in [-0.4, -0.2) is 29.9 Å². The van der Waals surface area contributed by atoms with E-state index in [-0.39, 0.29) is 18.5 Å². The van der Waals surface area contributed by atoms with Crippen LogP contribution in [-0.2, 0) is 4.79 Å². The van der Waals surface area contributed by atoms with Crippen LogP contribution in [0, 0.1) is 17.2 Å². The zero-order valence-corrected chi connectivity index (χ0v) is 7.16. The molecule has 12 heavy (non-hydrogen) atoms. The minimum absolute atomic E-state index is 0.00486. The summed E-state index contributed by atoms with van der Waals surface area (Å²) >= 11 is 0. The Morgan fingerprint density at radius 3 is 3.00 bits per heavy atom. The maximum atomic E-state index is 11.2. The van der Waals surface area contributed by atoms with Gasteiger partial charge in [-0.3, -0.25) is 4.79 Å². The fraction of sp³-hybridized carbons (Fsp3) is 0.750. The van der Waals surface area contributed by atoms with E-state index in [4.69, 9.17) is 11.0 Å². The van der Waals surface area contributed by atoms with E-state index in [1.54, 1.807) is 4.90 Å². The van der Waals surface area contributed by atoms with Gasteiger partial charge in [0.1, 0.15) is 6.04 Å². The SMILES string of the molecule is CC1CC(C#N)N(C(=O)CN)C1. The van der Waals surface area contributed by atoms with Crippen LogP contribution in [0.4, 0.5) is 0 Å². The Morgan fingerprint density at radius 2 is 2.50 bits per heavy atom. The van der Waals surface area contributed by atoms with E-state index in [1.807, 2.05) is 6.92 Å². The molecule has 0 aromatic rings. The first-order valence-corrected chi connectivity index (χ1v) is 4.08. The number of nitrogens with zero attached hydrogens (tertiary/aromatic N) is 2. The molecule has 1 aliphatic heterocycles. The molecule has 66 valence electrons. The summed E-state index contributed by atoms with van der Waals surface area (Å²) in [6, 6.07) is 1.86. The Hall–Kier alpha value is -1.08. The highest BCUT2D eigenvalue weighted by molar-refractivity contribution is 5.79. The number of likely N-dealkylation sites (tertiary alicyclic amines) is 1. The van der Waals surface area contributed by atoms with Crippen molar-refractivity contribution >= 4 is 5.91 Å². The molecule has 0 radical (unpaired) electrons. The molecule has 1 saturated heterocycles. The lowest BCUT2D eigenvalue weighted by molar-refractivity contribution is -0.129. The van der Waals surface area contributed by atoms with Crippen molar-refractivity contribution in [2.75, 3.05) is 13.1 Å². The first kappa shape index (κ1) is 9.01. The van der Waals surface area contributed by atoms with Crippen LogP contribution in [0.3, 0.4) is 0 Å². The lowest BCUT2D eigenvalue weighted by atomic mass is 10.1. The Morgan fingerprint density at radius 1 is 1.83 bits per heavy atom. The van der Waals surface area contributed by atoms with Gasteiger partial charge in [0.2, 0.25) is 5.91 Å². The third-order valence-corrected chi connectivity index (χ3v) is 2.15. The number of carbonyl (C=O) groups excluding carboxylic acids is 1. The molecule has 0 aliphatic carbocycles. The van der Waals surface area contributed by atoms with Crippen molar-refractivity contribution in [3.05, 3.63) is 0 Å². The van der Waals surface area contributed by atoms with Gasteiger partial charge in [-0.25, -0.2) is 0 Å². The average Bonchev–Trinajstić information content (AvgIpc) is 2.45. The molecule has 4 heteroatoms. The molecule has 0 aromatic carbocycles. The average molecular weight is 167 g/mol. The lowest BCUT2D eigenvalue weighted by Crippen LogP contribution is -2.38. The van der Waals surface area contributed by atoms with Gasteiger partial charge in [0, 0.05) is 6.54 Å². The monoisotopic (exact) mass is 167 g/mol. The molecule has 0 aromatic heterocycles. The van der Waals surface area contributed by atoms with Crippen LogP contribution < -0.4 is 5.73 Å². The van der Waals surface area contributed by atoms with Gasteiger partial charge in [-0.1, -0.05) is 6.92 Å². The second kappa shape index (κ2) is 3.55. The largest absolute Gasteiger partial charge is 0.325 e. The van der Waals surface area contributed by atoms with E-state index in [9.17, 15) is 4.79 Å². The Labute approximate surface area is 71.9 Å². The maximum Gasteiger partial charge on any atom is 0.237 e. The summed E-state index contributed by atoms with van der Waals surface area (Å²) in [4.78, 5) is 12.8. The predicted octanol–water partition coefficient (Wildman–Crippen LogP) is -0.294. The van der Waals surface area contributed by atoms with E-state index >= 15 is 0 Å². The number of rotatable bonds is 1. The number of amides is 1. The molecule has 1 amide bonds. The van der Waals surface area contributed by atoms with E-state index in [0.29, 0.717) is 12.5 Å². The molecular formula is C8H13N3O. The molecule has 0 bridgehead atoms. The number of nitriles is 1. The molecular weight excluding hydrogens is 154 g/mol. The summed E-state index contributed by atoms with van der Waals surface area (Å²) in [5, 5.41) is 8.71. The molecule has 1 aliphatic rings. The normalized spacial score (nSPS) is 28.6. The van der Waals surface area contributed by atoms with Gasteiger partial charge in [0.25, 0.3) is 0 Å². The van der Waals surface area contributed by atoms with Crippen molar-refractivity contribution in [3.8, 4) is 6.07 Å². The molecule has 1 heterocycles. The van der Waals surface area contributed by atoms with Gasteiger partial charge in [-0.2, -0.15) is 5.26 Å². The fourth-order valence-electron chi connectivity index (χ4n) is 1.56. The summed E-state index contributed by atoms with van der Waals surface area (Å²) in [5.74, 6) is 0.302. The van der Waals surface area contributed by atoms with Crippen LogP contribution >= 0.6 is 0 Å². The van der Waals surface area contributed by atoms with Gasteiger partial charge in [0.15, 0.2) is 0 Å². The summed E-state index contributed by atoms with van der Waals surface area (Å²) in [6.07, 6.45) is 0.780. The second-order valence-corrected chi connectivity index (χ2v) is 3.24. The van der Waals surface area contributed by atoms with Crippen LogP contribution in [0.2, 0.25) is 0 Å². The number of hydrogen-bond donors (Lipinski definition) is 1. The molecule has 1 fully saturated rings. The van der Waals surface area contributed by atoms with Crippen LogP contribution in [0.15, 0.2) is 0 Å². The highest BCUT2D eigenvalue weighted by atomic mass is 16.2. The van der Waals surface area contributed by atoms with Crippen LogP contribution in [0.25, 0.3) is 0 Å². The van der Waals surface area contributed by atoms with Crippen molar-refractivity contribution in [3.63, 3.8) is 0 Å². The molecule has 2 unspecified atom stereocenters. The molecule has 1 rings (SSSR count). The summed E-state index contributed by atoms with van der Waals surface area (Å²) in [5.41, 5.74) is 5.21. The van der Waals surface area contributed by atoms with E-state index in [1.165, 1.54) is 0 Å². The van der Waals surface area contributed by atoms with Gasteiger partial charge in [-0.15, -0.1) is 0 Å². The van der Waals surface area contributed by atoms with E-state index in [2.05, 4.69) is 6.07 Å². The minimum Gasteiger partial charge on any atom is -0.325 e. The fourth-order valence-corrected chi connectivity index (χ4v) is 1.56. The van der Waals surface area contributed by atoms with Gasteiger partial charge in [-0.05, 0) is 12.3 Å². The van der Waals surface area contributed by atoms with Crippen LogP contribution in [0.5, 0.6) is 0 Å². The standard InChI is InChI=1S/C8H13N3O/c1-6-2-7(3-9)11(5-6)8(12)4-10/h6-7H,2,4-5,10H2,1H3. The third kappa shape index (κ3) is 1.56. The first-order chi connectivity index (χ1) is 5.69. The summed E-state index contributed by atoms with van der Waals surface area (Å²) in [6.45, 7) is 2.72. The van der Waals surface area contributed by atoms with Crippen molar-refractivity contribution in [2.45, 2.75) is 19.4 Å². The molecule has 2 atom stereocenters. The topological polar surface area (TPSA) is 70.1 Å². The summed E-state index contributed by atoms with van der Waals surface area (Å²) in [7, 11) is 0. The van der Waals surface area contributed by atoms with E-state index < -0.39 is 0 Å². The third-order valence-electron chi connectivity index (χ3n) is 2.15. The molecule has 2 N–H and O–H groups in total. The van der Waals surface area contributed by atoms with E-state index in [0.717, 1.165) is 6.42 Å². The Kier molecular flexibility index (Phi) is 2.66. The number of carbonyl (C=O) groups is 1. The maximum absolute atomic E-state index is 11.2.